The number of nitrogens with one attached hydrogen (secondary N) is 2. The first-order valence-corrected chi connectivity index (χ1v) is 6.09. The Labute approximate surface area is 116 Å². The van der Waals surface area contributed by atoms with Crippen molar-refractivity contribution in [2.24, 2.45) is 0 Å². The van der Waals surface area contributed by atoms with Crippen molar-refractivity contribution in [1.29, 1.82) is 0 Å². The summed E-state index contributed by atoms with van der Waals surface area (Å²) in [6.07, 6.45) is -3.02. The molecule has 0 saturated carbocycles. The molecule has 2 N–H and O–H groups in total. The van der Waals surface area contributed by atoms with Crippen molar-refractivity contribution in [3.63, 3.8) is 0 Å². The first-order valence-electron chi connectivity index (χ1n) is 5.30. The second-order valence-corrected chi connectivity index (χ2v) is 4.85. The van der Waals surface area contributed by atoms with Crippen molar-refractivity contribution < 1.29 is 17.6 Å². The second kappa shape index (κ2) is 4.23. The Morgan fingerprint density at radius 2 is 2.05 bits per heavy atom. The molecule has 0 fully saturated rings. The van der Waals surface area contributed by atoms with Crippen LogP contribution in [0.25, 0.3) is 22.4 Å². The van der Waals surface area contributed by atoms with Gasteiger partial charge in [-0.05, 0) is 12.1 Å². The maximum absolute atomic E-state index is 12.7. The monoisotopic (exact) mass is 347 g/mol. The zero-order chi connectivity index (χ0) is 14.5. The van der Waals surface area contributed by atoms with Gasteiger partial charge in [0.25, 0.3) is 5.89 Å². The van der Waals surface area contributed by atoms with Crippen LogP contribution in [-0.2, 0) is 6.18 Å². The zero-order valence-electron chi connectivity index (χ0n) is 9.51. The van der Waals surface area contributed by atoms with Crippen molar-refractivity contribution in [2.45, 2.75) is 6.18 Å². The first-order chi connectivity index (χ1) is 9.36. The Hall–Kier alpha value is -2.03. The molecule has 0 aliphatic carbocycles. The molecular weight excluding hydrogens is 343 g/mol. The Kier molecular flexibility index (Phi) is 2.75. The van der Waals surface area contributed by atoms with E-state index in [9.17, 15) is 18.0 Å². The number of benzene rings is 1. The lowest BCUT2D eigenvalue weighted by molar-refractivity contribution is -0.137. The van der Waals surface area contributed by atoms with Gasteiger partial charge in [0.05, 0.1) is 11.1 Å². The molecule has 3 rings (SSSR count). The standard InChI is InChI=1S/C11H5BrF3N3O2/c12-6-1-4(11(13,14)15)2-7-8(6)5(3-16-7)9-17-18-10(19)20-9/h1-3,16H,(H,18,19). The number of hydrogen-bond acceptors (Lipinski definition) is 3. The molecule has 0 saturated heterocycles. The van der Waals surface area contributed by atoms with Crippen LogP contribution in [0.15, 0.2) is 32.0 Å². The molecule has 0 spiro atoms. The molecule has 0 radical (unpaired) electrons. The molecular formula is C11H5BrF3N3O2. The summed E-state index contributed by atoms with van der Waals surface area (Å²) in [6.45, 7) is 0. The van der Waals surface area contributed by atoms with Gasteiger partial charge in [0.1, 0.15) is 0 Å². The minimum atomic E-state index is -4.44. The van der Waals surface area contributed by atoms with E-state index in [1.165, 1.54) is 6.20 Å². The third-order valence-corrected chi connectivity index (χ3v) is 3.35. The predicted octanol–water partition coefficient (Wildman–Crippen LogP) is 3.29. The number of fused-ring (bicyclic) bond motifs is 1. The molecule has 2 aromatic heterocycles. The fourth-order valence-corrected chi connectivity index (χ4v) is 2.57. The maximum atomic E-state index is 12.7. The van der Waals surface area contributed by atoms with Crippen molar-refractivity contribution in [2.75, 3.05) is 0 Å². The largest absolute Gasteiger partial charge is 0.434 e. The molecule has 0 amide bonds. The Morgan fingerprint density at radius 1 is 1.30 bits per heavy atom. The van der Waals surface area contributed by atoms with Crippen LogP contribution in [0.3, 0.4) is 0 Å². The van der Waals surface area contributed by atoms with Gasteiger partial charge in [0.2, 0.25) is 0 Å². The molecule has 1 aromatic carbocycles. The van der Waals surface area contributed by atoms with Crippen molar-refractivity contribution in [3.05, 3.63) is 38.9 Å². The summed E-state index contributed by atoms with van der Waals surface area (Å²) < 4.78 is 43.2. The predicted molar refractivity (Wildman–Crippen MR) is 67.1 cm³/mol. The number of aromatic nitrogens is 3. The fraction of sp³-hybridized carbons (Fsp3) is 0.0909. The van der Waals surface area contributed by atoms with E-state index in [0.29, 0.717) is 10.9 Å². The number of rotatable bonds is 1. The quantitative estimate of drug-likeness (QED) is 0.709. The molecule has 3 aromatic rings. The number of nitrogens with zero attached hydrogens (tertiary/aromatic N) is 1. The van der Waals surface area contributed by atoms with E-state index in [2.05, 4.69) is 31.1 Å². The normalized spacial score (nSPS) is 12.2. The highest BCUT2D eigenvalue weighted by molar-refractivity contribution is 9.10. The third-order valence-electron chi connectivity index (χ3n) is 2.73. The van der Waals surface area contributed by atoms with Crippen molar-refractivity contribution in [1.82, 2.24) is 15.2 Å². The van der Waals surface area contributed by atoms with E-state index in [1.807, 2.05) is 0 Å². The van der Waals surface area contributed by atoms with E-state index < -0.39 is 17.5 Å². The van der Waals surface area contributed by atoms with Gasteiger partial charge in [-0.3, -0.25) is 0 Å². The summed E-state index contributed by atoms with van der Waals surface area (Å²) in [6, 6.07) is 1.94. The summed E-state index contributed by atoms with van der Waals surface area (Å²) in [5.41, 5.74) is -0.139. The first kappa shape index (κ1) is 13.0. The van der Waals surface area contributed by atoms with Crippen LogP contribution < -0.4 is 5.76 Å². The second-order valence-electron chi connectivity index (χ2n) is 4.00. The number of hydrogen-bond donors (Lipinski definition) is 2. The highest BCUT2D eigenvalue weighted by atomic mass is 79.9. The summed E-state index contributed by atoms with van der Waals surface area (Å²) >= 11 is 3.10. The average Bonchev–Trinajstić information content (AvgIpc) is 2.93. The molecule has 0 bridgehead atoms. The van der Waals surface area contributed by atoms with Crippen LogP contribution in [0.2, 0.25) is 0 Å². The van der Waals surface area contributed by atoms with E-state index in [0.717, 1.165) is 12.1 Å². The van der Waals surface area contributed by atoms with Crippen molar-refractivity contribution in [3.8, 4) is 11.5 Å². The smallest absolute Gasteiger partial charge is 0.388 e. The van der Waals surface area contributed by atoms with E-state index in [1.54, 1.807) is 0 Å². The van der Waals surface area contributed by atoms with E-state index in [-0.39, 0.29) is 15.9 Å². The van der Waals surface area contributed by atoms with Crippen LogP contribution in [0.5, 0.6) is 0 Å². The van der Waals surface area contributed by atoms with Crippen LogP contribution in [0.1, 0.15) is 5.56 Å². The highest BCUT2D eigenvalue weighted by Gasteiger charge is 2.32. The molecule has 104 valence electrons. The Morgan fingerprint density at radius 3 is 2.65 bits per heavy atom. The summed E-state index contributed by atoms with van der Waals surface area (Å²) in [5.74, 6) is -0.737. The molecule has 20 heavy (non-hydrogen) atoms. The molecule has 5 nitrogen and oxygen atoms in total. The molecule has 0 atom stereocenters. The van der Waals surface area contributed by atoms with E-state index >= 15 is 0 Å². The summed E-state index contributed by atoms with van der Waals surface area (Å²) in [7, 11) is 0. The van der Waals surface area contributed by atoms with Gasteiger partial charge in [-0.15, -0.1) is 5.10 Å². The summed E-state index contributed by atoms with van der Waals surface area (Å²) in [5, 5.41) is 6.20. The summed E-state index contributed by atoms with van der Waals surface area (Å²) in [4.78, 5) is 13.6. The SMILES string of the molecule is O=c1[nH]nc(-c2c[nH]c3cc(C(F)(F)F)cc(Br)c23)o1. The van der Waals surface area contributed by atoms with E-state index in [4.69, 9.17) is 4.42 Å². The van der Waals surface area contributed by atoms with Gasteiger partial charge in [0.15, 0.2) is 0 Å². The Bertz CT molecular complexity index is 847. The van der Waals surface area contributed by atoms with Gasteiger partial charge < -0.3 is 9.40 Å². The van der Waals surface area contributed by atoms with Crippen LogP contribution in [-0.4, -0.2) is 15.2 Å². The topological polar surface area (TPSA) is 74.7 Å². The lowest BCUT2D eigenvalue weighted by Gasteiger charge is -2.07. The lowest BCUT2D eigenvalue weighted by atomic mass is 10.1. The van der Waals surface area contributed by atoms with Gasteiger partial charge in [0, 0.05) is 21.6 Å². The van der Waals surface area contributed by atoms with Crippen LogP contribution in [0.4, 0.5) is 13.2 Å². The Balaban J connectivity index is 2.26. The molecule has 0 aliphatic rings. The number of alkyl halides is 3. The van der Waals surface area contributed by atoms with Gasteiger partial charge in [-0.2, -0.15) is 13.2 Å². The average molecular weight is 348 g/mol. The minimum Gasteiger partial charge on any atom is -0.388 e. The molecule has 0 unspecified atom stereocenters. The van der Waals surface area contributed by atoms with Crippen LogP contribution in [0, 0.1) is 0 Å². The minimum absolute atomic E-state index is 0.00158. The molecule has 9 heteroatoms. The molecule has 2 heterocycles. The van der Waals surface area contributed by atoms with Gasteiger partial charge in [-0.25, -0.2) is 9.89 Å². The van der Waals surface area contributed by atoms with Gasteiger partial charge in [-0.1, -0.05) is 15.9 Å². The van der Waals surface area contributed by atoms with Gasteiger partial charge >= 0.3 is 11.9 Å². The maximum Gasteiger partial charge on any atom is 0.434 e. The fourth-order valence-electron chi connectivity index (χ4n) is 1.89. The molecule has 0 aliphatic heterocycles. The van der Waals surface area contributed by atoms with Crippen molar-refractivity contribution >= 4 is 26.8 Å². The van der Waals surface area contributed by atoms with Crippen LogP contribution >= 0.6 is 15.9 Å². The highest BCUT2D eigenvalue weighted by Crippen LogP contribution is 2.38. The number of H-pyrrole nitrogens is 2. The zero-order valence-corrected chi connectivity index (χ0v) is 11.1. The lowest BCUT2D eigenvalue weighted by Crippen LogP contribution is -2.04. The number of halogens is 4. The third kappa shape index (κ3) is 2.03. The number of aromatic amines is 2.